The van der Waals surface area contributed by atoms with E-state index in [2.05, 4.69) is 31.5 Å². The largest absolute Gasteiger partial charge is 0.338 e. The molecule has 0 spiro atoms. The van der Waals surface area contributed by atoms with E-state index in [1.165, 1.54) is 16.9 Å². The second-order valence-corrected chi connectivity index (χ2v) is 9.47. The molecule has 0 aliphatic carbocycles. The van der Waals surface area contributed by atoms with Gasteiger partial charge in [0.2, 0.25) is 11.8 Å². The molecule has 8 heteroatoms. The molecule has 0 fully saturated rings. The van der Waals surface area contributed by atoms with Crippen LogP contribution in [0.1, 0.15) is 48.4 Å². The van der Waals surface area contributed by atoms with E-state index in [9.17, 15) is 9.59 Å². The highest BCUT2D eigenvalue weighted by Gasteiger charge is 2.22. The predicted molar refractivity (Wildman–Crippen MR) is 124 cm³/mol. The topological polar surface area (TPSA) is 80.1 Å². The van der Waals surface area contributed by atoms with E-state index < -0.39 is 0 Å². The summed E-state index contributed by atoms with van der Waals surface area (Å²) in [5.74, 6) is 1.78. The molecule has 0 unspecified atom stereocenters. The number of carbonyl (C=O) groups excluding carboxylic acids is 2. The van der Waals surface area contributed by atoms with Crippen LogP contribution in [-0.2, 0) is 35.5 Å². The normalized spacial score (nSPS) is 15.6. The average Bonchev–Trinajstić information content (AvgIpc) is 3.38. The maximum Gasteiger partial charge on any atom is 0.224 e. The Labute approximate surface area is 191 Å². The number of nitrogens with one attached hydrogen (secondary N) is 1. The Balaban J connectivity index is 1.19. The minimum Gasteiger partial charge on any atom is -0.338 e. The summed E-state index contributed by atoms with van der Waals surface area (Å²) in [4.78, 5) is 28.3. The van der Waals surface area contributed by atoms with Crippen molar-refractivity contribution >= 4 is 28.8 Å². The highest BCUT2D eigenvalue weighted by Crippen LogP contribution is 2.26. The van der Waals surface area contributed by atoms with Gasteiger partial charge in [-0.3, -0.25) is 9.59 Å². The molecule has 0 radical (unpaired) electrons. The Bertz CT molecular complexity index is 1140. The van der Waals surface area contributed by atoms with Gasteiger partial charge in [0.15, 0.2) is 5.82 Å². The van der Waals surface area contributed by atoms with E-state index in [-0.39, 0.29) is 24.7 Å². The summed E-state index contributed by atoms with van der Waals surface area (Å²) in [5, 5.41) is 13.8. The summed E-state index contributed by atoms with van der Waals surface area (Å²) in [5.41, 5.74) is 2.90. The third-order valence-corrected chi connectivity index (χ3v) is 7.26. The molecular formula is C24H27N5O2S. The van der Waals surface area contributed by atoms with Crippen LogP contribution in [0.5, 0.6) is 0 Å². The molecule has 0 atom stereocenters. The van der Waals surface area contributed by atoms with Crippen molar-refractivity contribution in [2.24, 2.45) is 0 Å². The molecule has 2 aromatic heterocycles. The lowest BCUT2D eigenvalue weighted by Gasteiger charge is -2.27. The van der Waals surface area contributed by atoms with Crippen molar-refractivity contribution in [3.63, 3.8) is 0 Å². The number of aromatic nitrogens is 3. The lowest BCUT2D eigenvalue weighted by Crippen LogP contribution is -2.35. The van der Waals surface area contributed by atoms with Gasteiger partial charge >= 0.3 is 0 Å². The van der Waals surface area contributed by atoms with Crippen molar-refractivity contribution in [2.75, 3.05) is 11.9 Å². The molecule has 0 bridgehead atoms. The Kier molecular flexibility index (Phi) is 6.03. The van der Waals surface area contributed by atoms with E-state index in [1.807, 2.05) is 29.2 Å². The highest BCUT2D eigenvalue weighted by molar-refractivity contribution is 7.10. The van der Waals surface area contributed by atoms with Gasteiger partial charge in [0.25, 0.3) is 0 Å². The Hall–Kier alpha value is -3.00. The number of benzene rings is 1. The van der Waals surface area contributed by atoms with E-state index >= 15 is 0 Å². The van der Waals surface area contributed by atoms with Crippen molar-refractivity contribution in [1.29, 1.82) is 0 Å². The average molecular weight is 450 g/mol. The first-order chi connectivity index (χ1) is 15.7. The first kappa shape index (κ1) is 20.9. The van der Waals surface area contributed by atoms with Crippen molar-refractivity contribution < 1.29 is 9.59 Å². The number of rotatable bonds is 5. The number of carbonyl (C=O) groups is 2. The molecule has 2 aliphatic heterocycles. The third kappa shape index (κ3) is 4.46. The molecule has 2 amide bonds. The molecular weight excluding hydrogens is 422 g/mol. The summed E-state index contributed by atoms with van der Waals surface area (Å²) < 4.78 is 2.20. The van der Waals surface area contributed by atoms with Crippen LogP contribution in [-0.4, -0.2) is 38.0 Å². The first-order valence-electron chi connectivity index (χ1n) is 11.3. The molecule has 1 N–H and O–H groups in total. The van der Waals surface area contributed by atoms with E-state index in [1.54, 1.807) is 11.3 Å². The molecule has 4 heterocycles. The van der Waals surface area contributed by atoms with Gasteiger partial charge in [-0.25, -0.2) is 0 Å². The quantitative estimate of drug-likeness (QED) is 0.638. The van der Waals surface area contributed by atoms with Crippen LogP contribution in [0.2, 0.25) is 0 Å². The van der Waals surface area contributed by atoms with Crippen LogP contribution < -0.4 is 5.32 Å². The van der Waals surface area contributed by atoms with Crippen LogP contribution in [0.15, 0.2) is 35.7 Å². The van der Waals surface area contributed by atoms with Gasteiger partial charge in [0.1, 0.15) is 5.82 Å². The lowest BCUT2D eigenvalue weighted by molar-refractivity contribution is -0.133. The number of hydrogen-bond donors (Lipinski definition) is 1. The van der Waals surface area contributed by atoms with Crippen molar-refractivity contribution in [2.45, 2.75) is 58.0 Å². The monoisotopic (exact) mass is 449 g/mol. The highest BCUT2D eigenvalue weighted by atomic mass is 32.1. The lowest BCUT2D eigenvalue weighted by atomic mass is 10.1. The smallest absolute Gasteiger partial charge is 0.224 e. The van der Waals surface area contributed by atoms with Crippen LogP contribution in [0, 0.1) is 0 Å². The minimum atomic E-state index is -0.149. The molecule has 7 nitrogen and oxygen atoms in total. The van der Waals surface area contributed by atoms with Crippen LogP contribution >= 0.6 is 11.3 Å². The fourth-order valence-corrected chi connectivity index (χ4v) is 5.39. The summed E-state index contributed by atoms with van der Waals surface area (Å²) >= 11 is 1.76. The molecule has 166 valence electrons. The van der Waals surface area contributed by atoms with Crippen molar-refractivity contribution in [1.82, 2.24) is 19.7 Å². The maximum atomic E-state index is 12.6. The number of nitrogens with zero attached hydrogens (tertiary/aromatic N) is 4. The standard InChI is InChI=1S/C24H27N5O2S/c30-22(8-9-23(31)28-13-10-20-18(16-28)11-14-32-20)25-19-6-4-5-17(15-19)24-27-26-21-7-2-1-3-12-29(21)24/h4-6,11,14-15H,1-3,7-10,12-13,16H2,(H,25,30). The fourth-order valence-electron chi connectivity index (χ4n) is 4.50. The van der Waals surface area contributed by atoms with Crippen LogP contribution in [0.3, 0.4) is 0 Å². The van der Waals surface area contributed by atoms with Crippen molar-refractivity contribution in [3.8, 4) is 11.4 Å². The number of anilines is 1. The number of hydrogen-bond acceptors (Lipinski definition) is 5. The van der Waals surface area contributed by atoms with Gasteiger partial charge < -0.3 is 14.8 Å². The van der Waals surface area contributed by atoms with Gasteiger partial charge in [-0.15, -0.1) is 21.5 Å². The van der Waals surface area contributed by atoms with E-state index in [0.29, 0.717) is 12.2 Å². The van der Waals surface area contributed by atoms with Gasteiger partial charge in [-0.05, 0) is 48.4 Å². The molecule has 0 saturated carbocycles. The molecule has 0 saturated heterocycles. The minimum absolute atomic E-state index is 0.0388. The molecule has 2 aliphatic rings. The molecule has 5 rings (SSSR count). The summed E-state index contributed by atoms with van der Waals surface area (Å²) in [6.07, 6.45) is 5.76. The molecule has 32 heavy (non-hydrogen) atoms. The maximum absolute atomic E-state index is 12.6. The Morgan fingerprint density at radius 1 is 1.03 bits per heavy atom. The summed E-state index contributed by atoms with van der Waals surface area (Å²) in [7, 11) is 0. The molecule has 1 aromatic carbocycles. The Morgan fingerprint density at radius 2 is 1.97 bits per heavy atom. The second kappa shape index (κ2) is 9.24. The van der Waals surface area contributed by atoms with E-state index in [0.717, 1.165) is 56.0 Å². The van der Waals surface area contributed by atoms with Crippen LogP contribution in [0.4, 0.5) is 5.69 Å². The van der Waals surface area contributed by atoms with Gasteiger partial charge in [0, 0.05) is 55.0 Å². The summed E-state index contributed by atoms with van der Waals surface area (Å²) in [6.45, 7) is 2.32. The van der Waals surface area contributed by atoms with Crippen LogP contribution in [0.25, 0.3) is 11.4 Å². The SMILES string of the molecule is O=C(CCC(=O)N1CCc2sccc2C1)Nc1cccc(-c2nnc3n2CCCCC3)c1. The van der Waals surface area contributed by atoms with Gasteiger partial charge in [-0.2, -0.15) is 0 Å². The zero-order valence-corrected chi connectivity index (χ0v) is 18.9. The second-order valence-electron chi connectivity index (χ2n) is 8.47. The zero-order valence-electron chi connectivity index (χ0n) is 18.0. The van der Waals surface area contributed by atoms with Gasteiger partial charge in [-0.1, -0.05) is 18.6 Å². The van der Waals surface area contributed by atoms with E-state index in [4.69, 9.17) is 0 Å². The number of fused-ring (bicyclic) bond motifs is 2. The van der Waals surface area contributed by atoms with Gasteiger partial charge in [0.05, 0.1) is 0 Å². The first-order valence-corrected chi connectivity index (χ1v) is 12.2. The van der Waals surface area contributed by atoms with Crippen molar-refractivity contribution in [3.05, 3.63) is 52.0 Å². The number of aryl methyl sites for hydroxylation is 1. The Morgan fingerprint density at radius 3 is 2.91 bits per heavy atom. The third-order valence-electron chi connectivity index (χ3n) is 6.24. The fraction of sp³-hybridized carbons (Fsp3) is 0.417. The number of amides is 2. The molecule has 3 aromatic rings. The number of thiophene rings is 1. The zero-order chi connectivity index (χ0) is 21.9. The predicted octanol–water partition coefficient (Wildman–Crippen LogP) is 4.04. The summed E-state index contributed by atoms with van der Waals surface area (Å²) in [6, 6.07) is 9.81.